The van der Waals surface area contributed by atoms with Gasteiger partial charge in [-0.25, -0.2) is 0 Å². The standard InChI is InChI=1S/C16H22ClN3O2/c1-12(21)18-15-6-3-8-20(11-15)9-7-16(22)19-14-5-2-4-13(17)10-14/h2,4-5,10,15H,3,6-9,11H2,1H3,(H,18,21)(H,19,22)/t15-/m1/s1. The highest BCUT2D eigenvalue weighted by Gasteiger charge is 2.20. The molecule has 1 aliphatic heterocycles. The molecule has 0 bridgehead atoms. The van der Waals surface area contributed by atoms with Gasteiger partial charge in [0.25, 0.3) is 0 Å². The summed E-state index contributed by atoms with van der Waals surface area (Å²) in [5.74, 6) is -0.0190. The van der Waals surface area contributed by atoms with Gasteiger partial charge in [0.15, 0.2) is 0 Å². The molecule has 0 aromatic heterocycles. The van der Waals surface area contributed by atoms with Gasteiger partial charge in [-0.1, -0.05) is 17.7 Å². The van der Waals surface area contributed by atoms with Crippen LogP contribution in [0.2, 0.25) is 5.02 Å². The zero-order valence-electron chi connectivity index (χ0n) is 12.8. The molecule has 0 radical (unpaired) electrons. The van der Waals surface area contributed by atoms with Gasteiger partial charge in [-0.3, -0.25) is 9.59 Å². The van der Waals surface area contributed by atoms with E-state index >= 15 is 0 Å². The quantitative estimate of drug-likeness (QED) is 0.874. The number of anilines is 1. The molecular weight excluding hydrogens is 302 g/mol. The van der Waals surface area contributed by atoms with Crippen LogP contribution in [0.15, 0.2) is 24.3 Å². The first-order valence-electron chi connectivity index (χ1n) is 7.58. The Kier molecular flexibility index (Phi) is 6.21. The number of benzene rings is 1. The third-order valence-corrected chi connectivity index (χ3v) is 3.91. The Morgan fingerprint density at radius 2 is 2.23 bits per heavy atom. The number of amides is 2. The van der Waals surface area contributed by atoms with Crippen molar-refractivity contribution in [2.45, 2.75) is 32.2 Å². The maximum absolute atomic E-state index is 12.0. The second-order valence-corrected chi connectivity index (χ2v) is 6.09. The molecule has 0 saturated carbocycles. The maximum Gasteiger partial charge on any atom is 0.225 e. The van der Waals surface area contributed by atoms with Crippen LogP contribution < -0.4 is 10.6 Å². The van der Waals surface area contributed by atoms with Crippen molar-refractivity contribution in [1.82, 2.24) is 10.2 Å². The van der Waals surface area contributed by atoms with Crippen molar-refractivity contribution in [3.05, 3.63) is 29.3 Å². The number of piperidine rings is 1. The lowest BCUT2D eigenvalue weighted by Crippen LogP contribution is -2.47. The average molecular weight is 324 g/mol. The Bertz CT molecular complexity index is 536. The molecule has 1 saturated heterocycles. The summed E-state index contributed by atoms with van der Waals surface area (Å²) in [6, 6.07) is 7.32. The minimum Gasteiger partial charge on any atom is -0.352 e. The van der Waals surface area contributed by atoms with Crippen molar-refractivity contribution in [2.75, 3.05) is 25.0 Å². The number of hydrogen-bond donors (Lipinski definition) is 2. The van der Waals surface area contributed by atoms with Gasteiger partial charge in [-0.05, 0) is 37.6 Å². The van der Waals surface area contributed by atoms with Crippen molar-refractivity contribution >= 4 is 29.1 Å². The van der Waals surface area contributed by atoms with Crippen molar-refractivity contribution in [2.24, 2.45) is 0 Å². The number of hydrogen-bond acceptors (Lipinski definition) is 3. The number of likely N-dealkylation sites (tertiary alicyclic amines) is 1. The summed E-state index contributed by atoms with van der Waals surface area (Å²) < 4.78 is 0. The van der Waals surface area contributed by atoms with E-state index in [0.29, 0.717) is 23.7 Å². The summed E-state index contributed by atoms with van der Waals surface area (Å²) in [5.41, 5.74) is 0.715. The molecule has 1 fully saturated rings. The van der Waals surface area contributed by atoms with E-state index in [-0.39, 0.29) is 17.9 Å². The number of halogens is 1. The monoisotopic (exact) mass is 323 g/mol. The molecular formula is C16H22ClN3O2. The van der Waals surface area contributed by atoms with E-state index in [9.17, 15) is 9.59 Å². The van der Waals surface area contributed by atoms with Crippen LogP contribution in [-0.4, -0.2) is 42.4 Å². The molecule has 1 aromatic carbocycles. The molecule has 1 aliphatic rings. The summed E-state index contributed by atoms with van der Waals surface area (Å²) >= 11 is 5.89. The van der Waals surface area contributed by atoms with E-state index in [0.717, 1.165) is 25.9 Å². The van der Waals surface area contributed by atoms with E-state index in [1.54, 1.807) is 18.2 Å². The van der Waals surface area contributed by atoms with Crippen LogP contribution in [0, 0.1) is 0 Å². The summed E-state index contributed by atoms with van der Waals surface area (Å²) in [5, 5.41) is 6.40. The predicted octanol–water partition coefficient (Wildman–Crippen LogP) is 2.27. The first-order valence-corrected chi connectivity index (χ1v) is 7.95. The number of nitrogens with one attached hydrogen (secondary N) is 2. The van der Waals surface area contributed by atoms with Crippen LogP contribution in [-0.2, 0) is 9.59 Å². The third-order valence-electron chi connectivity index (χ3n) is 3.68. The molecule has 5 nitrogen and oxygen atoms in total. The molecule has 2 N–H and O–H groups in total. The topological polar surface area (TPSA) is 61.4 Å². The van der Waals surface area contributed by atoms with E-state index in [1.807, 2.05) is 6.07 Å². The Morgan fingerprint density at radius 3 is 2.95 bits per heavy atom. The van der Waals surface area contributed by atoms with Gasteiger partial charge >= 0.3 is 0 Å². The van der Waals surface area contributed by atoms with Gasteiger partial charge in [-0.15, -0.1) is 0 Å². The Hall–Kier alpha value is -1.59. The van der Waals surface area contributed by atoms with Gasteiger partial charge in [0.05, 0.1) is 0 Å². The molecule has 6 heteroatoms. The highest BCUT2D eigenvalue weighted by atomic mass is 35.5. The second-order valence-electron chi connectivity index (χ2n) is 5.65. The molecule has 120 valence electrons. The number of rotatable bonds is 5. The predicted molar refractivity (Wildman–Crippen MR) is 88.0 cm³/mol. The largest absolute Gasteiger partial charge is 0.352 e. The number of nitrogens with zero attached hydrogens (tertiary/aromatic N) is 1. The highest BCUT2D eigenvalue weighted by Crippen LogP contribution is 2.15. The molecule has 0 aliphatic carbocycles. The van der Waals surface area contributed by atoms with Crippen molar-refractivity contribution in [1.29, 1.82) is 0 Å². The Labute approximate surface area is 136 Å². The molecule has 22 heavy (non-hydrogen) atoms. The average Bonchev–Trinajstić information content (AvgIpc) is 2.45. The van der Waals surface area contributed by atoms with Crippen LogP contribution in [0.25, 0.3) is 0 Å². The molecule has 2 rings (SSSR count). The van der Waals surface area contributed by atoms with Crippen molar-refractivity contribution < 1.29 is 9.59 Å². The summed E-state index contributed by atoms with van der Waals surface area (Å²) in [6.45, 7) is 4.02. The van der Waals surface area contributed by atoms with Crippen LogP contribution in [0.5, 0.6) is 0 Å². The van der Waals surface area contributed by atoms with Crippen LogP contribution in [0.1, 0.15) is 26.2 Å². The molecule has 1 atom stereocenters. The highest BCUT2D eigenvalue weighted by molar-refractivity contribution is 6.30. The summed E-state index contributed by atoms with van der Waals surface area (Å²) in [4.78, 5) is 25.3. The van der Waals surface area contributed by atoms with E-state index in [2.05, 4.69) is 15.5 Å². The third kappa shape index (κ3) is 5.66. The van der Waals surface area contributed by atoms with Gasteiger partial charge in [0.2, 0.25) is 11.8 Å². The van der Waals surface area contributed by atoms with Gasteiger partial charge in [0, 0.05) is 43.2 Å². The van der Waals surface area contributed by atoms with Crippen molar-refractivity contribution in [3.8, 4) is 0 Å². The molecule has 1 aromatic rings. The second kappa shape index (κ2) is 8.15. The smallest absolute Gasteiger partial charge is 0.225 e. The van der Waals surface area contributed by atoms with Gasteiger partial charge in [0.1, 0.15) is 0 Å². The number of carbonyl (C=O) groups is 2. The zero-order valence-corrected chi connectivity index (χ0v) is 13.5. The van der Waals surface area contributed by atoms with Crippen molar-refractivity contribution in [3.63, 3.8) is 0 Å². The van der Waals surface area contributed by atoms with Crippen LogP contribution >= 0.6 is 11.6 Å². The van der Waals surface area contributed by atoms with E-state index < -0.39 is 0 Å². The Balaban J connectivity index is 1.75. The molecule has 1 heterocycles. The molecule has 2 amide bonds. The molecule has 0 spiro atoms. The van der Waals surface area contributed by atoms with Crippen LogP contribution in [0.3, 0.4) is 0 Å². The number of carbonyl (C=O) groups excluding carboxylic acids is 2. The lowest BCUT2D eigenvalue weighted by atomic mass is 10.1. The Morgan fingerprint density at radius 1 is 1.41 bits per heavy atom. The fraction of sp³-hybridized carbons (Fsp3) is 0.500. The van der Waals surface area contributed by atoms with E-state index in [1.165, 1.54) is 6.92 Å². The molecule has 0 unspecified atom stereocenters. The van der Waals surface area contributed by atoms with Crippen LogP contribution in [0.4, 0.5) is 5.69 Å². The minimum absolute atomic E-state index is 0.00514. The lowest BCUT2D eigenvalue weighted by molar-refractivity contribution is -0.120. The summed E-state index contributed by atoms with van der Waals surface area (Å²) in [7, 11) is 0. The summed E-state index contributed by atoms with van der Waals surface area (Å²) in [6.07, 6.45) is 2.48. The first-order chi connectivity index (χ1) is 10.5. The van der Waals surface area contributed by atoms with Gasteiger partial charge in [-0.2, -0.15) is 0 Å². The minimum atomic E-state index is -0.0242. The zero-order chi connectivity index (χ0) is 15.9. The van der Waals surface area contributed by atoms with E-state index in [4.69, 9.17) is 11.6 Å². The maximum atomic E-state index is 12.0. The first kappa shape index (κ1) is 16.8. The lowest BCUT2D eigenvalue weighted by Gasteiger charge is -2.32. The van der Waals surface area contributed by atoms with Gasteiger partial charge < -0.3 is 15.5 Å². The SMILES string of the molecule is CC(=O)N[C@@H]1CCCN(CCC(=O)Nc2cccc(Cl)c2)C1. The normalized spacial score (nSPS) is 18.7. The fourth-order valence-electron chi connectivity index (χ4n) is 2.71. The fourth-order valence-corrected chi connectivity index (χ4v) is 2.90.